The minimum atomic E-state index is 0.552. The van der Waals surface area contributed by atoms with Gasteiger partial charge in [0.25, 0.3) is 0 Å². The Hall–Kier alpha value is -7.37. The Kier molecular flexibility index (Phi) is 6.79. The molecule has 0 spiro atoms. The third-order valence-corrected chi connectivity index (χ3v) is 10.4. The fraction of sp³-hybridized carbons (Fsp3) is 0. The van der Waals surface area contributed by atoms with Crippen molar-refractivity contribution in [2.45, 2.75) is 0 Å². The van der Waals surface area contributed by atoms with Gasteiger partial charge in [-0.25, -0.2) is 15.0 Å². The largest absolute Gasteiger partial charge is 0.456 e. The van der Waals surface area contributed by atoms with Gasteiger partial charge in [-0.15, -0.1) is 0 Å². The first-order valence-corrected chi connectivity index (χ1v) is 18.0. The molecule has 0 bridgehead atoms. The highest BCUT2D eigenvalue weighted by molar-refractivity contribution is 6.17. The molecule has 0 aliphatic rings. The van der Waals surface area contributed by atoms with Crippen molar-refractivity contribution < 1.29 is 8.83 Å². The molecule has 0 aliphatic carbocycles. The number of aromatic nitrogens is 3. The fourth-order valence-electron chi connectivity index (χ4n) is 7.72. The van der Waals surface area contributed by atoms with Crippen LogP contribution < -0.4 is 0 Å². The van der Waals surface area contributed by atoms with Gasteiger partial charge in [0.15, 0.2) is 17.5 Å². The summed E-state index contributed by atoms with van der Waals surface area (Å²) >= 11 is 0. The van der Waals surface area contributed by atoms with Crippen LogP contribution in [0.2, 0.25) is 0 Å². The van der Waals surface area contributed by atoms with E-state index in [1.807, 2.05) is 54.6 Å². The van der Waals surface area contributed by atoms with Crippen LogP contribution >= 0.6 is 0 Å². The molecule has 0 radical (unpaired) electrons. The minimum Gasteiger partial charge on any atom is -0.456 e. The van der Waals surface area contributed by atoms with Gasteiger partial charge in [-0.05, 0) is 51.7 Å². The van der Waals surface area contributed by atoms with Gasteiger partial charge in [0.1, 0.15) is 22.3 Å². The lowest BCUT2D eigenvalue weighted by atomic mass is 9.95. The predicted octanol–water partition coefficient (Wildman–Crippen LogP) is 13.2. The molecule has 0 saturated heterocycles. The van der Waals surface area contributed by atoms with Crippen LogP contribution in [-0.4, -0.2) is 15.0 Å². The molecule has 11 aromatic rings. The molecule has 5 nitrogen and oxygen atoms in total. The van der Waals surface area contributed by atoms with Crippen LogP contribution in [0.4, 0.5) is 0 Å². The molecule has 5 heteroatoms. The first kappa shape index (κ1) is 30.3. The second-order valence-corrected chi connectivity index (χ2v) is 13.6. The molecule has 0 fully saturated rings. The lowest BCUT2D eigenvalue weighted by molar-refractivity contribution is 0.669. The molecule has 8 aromatic carbocycles. The van der Waals surface area contributed by atoms with E-state index < -0.39 is 0 Å². The van der Waals surface area contributed by atoms with Gasteiger partial charge in [-0.1, -0.05) is 152 Å². The fourth-order valence-corrected chi connectivity index (χ4v) is 7.72. The van der Waals surface area contributed by atoms with Crippen LogP contribution in [0.25, 0.3) is 111 Å². The summed E-state index contributed by atoms with van der Waals surface area (Å²) in [6, 6.07) is 60.4. The molecule has 3 heterocycles. The quantitative estimate of drug-likeness (QED) is 0.180. The van der Waals surface area contributed by atoms with Crippen LogP contribution in [0.1, 0.15) is 0 Å². The highest BCUT2D eigenvalue weighted by atomic mass is 16.3. The Balaban J connectivity index is 1.09. The van der Waals surface area contributed by atoms with Crippen molar-refractivity contribution in [3.05, 3.63) is 176 Å². The molecule has 0 atom stereocenters. The number of nitrogens with zero attached hydrogens (tertiary/aromatic N) is 3. The number of hydrogen-bond acceptors (Lipinski definition) is 5. The Labute approximate surface area is 309 Å². The summed E-state index contributed by atoms with van der Waals surface area (Å²) in [7, 11) is 0. The molecule has 0 N–H and O–H groups in total. The molecule has 11 rings (SSSR count). The van der Waals surface area contributed by atoms with Gasteiger partial charge >= 0.3 is 0 Å². The van der Waals surface area contributed by atoms with E-state index in [1.165, 1.54) is 0 Å². The normalized spacial score (nSPS) is 11.7. The smallest absolute Gasteiger partial charge is 0.167 e. The summed E-state index contributed by atoms with van der Waals surface area (Å²) in [6.45, 7) is 0. The molecule has 0 aliphatic heterocycles. The third-order valence-electron chi connectivity index (χ3n) is 10.4. The number of fused-ring (bicyclic) bond motifs is 7. The van der Waals surface area contributed by atoms with Gasteiger partial charge in [-0.2, -0.15) is 0 Å². The van der Waals surface area contributed by atoms with Crippen molar-refractivity contribution in [1.82, 2.24) is 15.0 Å². The lowest BCUT2D eigenvalue weighted by Crippen LogP contribution is -2.00. The van der Waals surface area contributed by atoms with Gasteiger partial charge < -0.3 is 8.83 Å². The predicted molar refractivity (Wildman–Crippen MR) is 219 cm³/mol. The molecule has 0 amide bonds. The zero-order valence-corrected chi connectivity index (χ0v) is 28.9. The zero-order valence-electron chi connectivity index (χ0n) is 28.9. The summed E-state index contributed by atoms with van der Waals surface area (Å²) in [5.41, 5.74) is 10.4. The zero-order chi connectivity index (χ0) is 35.6. The first-order chi connectivity index (χ1) is 26.7. The standard InChI is InChI=1S/C49H29N3O2/c1-3-12-30(13-4-1)31-24-26-33(27-25-31)48-50-47(32-14-5-2-6-15-32)51-49(52-48)40-22-11-21-39-38-20-10-19-37(45(38)54-46(39)40)35-18-9-16-34-28-44-42(29-41(34)35)36-17-7-8-23-43(36)53-44/h1-29H. The van der Waals surface area contributed by atoms with E-state index in [0.29, 0.717) is 17.5 Å². The third kappa shape index (κ3) is 4.90. The van der Waals surface area contributed by atoms with Crippen molar-refractivity contribution in [2.75, 3.05) is 0 Å². The van der Waals surface area contributed by atoms with Crippen LogP contribution in [0.3, 0.4) is 0 Å². The lowest BCUT2D eigenvalue weighted by Gasteiger charge is -2.09. The van der Waals surface area contributed by atoms with E-state index in [0.717, 1.165) is 93.6 Å². The molecule has 0 unspecified atom stereocenters. The van der Waals surface area contributed by atoms with E-state index in [4.69, 9.17) is 23.8 Å². The number of rotatable bonds is 5. The summed E-state index contributed by atoms with van der Waals surface area (Å²) < 4.78 is 13.2. The molecular formula is C49H29N3O2. The topological polar surface area (TPSA) is 65.0 Å². The highest BCUT2D eigenvalue weighted by Crippen LogP contribution is 2.42. The van der Waals surface area contributed by atoms with Crippen LogP contribution in [0.5, 0.6) is 0 Å². The van der Waals surface area contributed by atoms with E-state index in [1.54, 1.807) is 0 Å². The van der Waals surface area contributed by atoms with Gasteiger partial charge in [0.2, 0.25) is 0 Å². The summed E-state index contributed by atoms with van der Waals surface area (Å²) in [5.74, 6) is 1.75. The molecule has 54 heavy (non-hydrogen) atoms. The van der Waals surface area contributed by atoms with E-state index in [9.17, 15) is 0 Å². The minimum absolute atomic E-state index is 0.552. The Bertz CT molecular complexity index is 3200. The van der Waals surface area contributed by atoms with Gasteiger partial charge in [0.05, 0.1) is 5.56 Å². The summed E-state index contributed by atoms with van der Waals surface area (Å²) in [5, 5.41) is 6.48. The summed E-state index contributed by atoms with van der Waals surface area (Å²) in [4.78, 5) is 15.1. The first-order valence-electron chi connectivity index (χ1n) is 18.0. The van der Waals surface area contributed by atoms with Crippen LogP contribution in [0, 0.1) is 0 Å². The van der Waals surface area contributed by atoms with Crippen molar-refractivity contribution in [3.8, 4) is 56.4 Å². The van der Waals surface area contributed by atoms with Crippen molar-refractivity contribution >= 4 is 54.6 Å². The Morgan fingerprint density at radius 1 is 0.296 bits per heavy atom. The summed E-state index contributed by atoms with van der Waals surface area (Å²) in [6.07, 6.45) is 0. The average Bonchev–Trinajstić information content (AvgIpc) is 3.81. The SMILES string of the molecule is c1ccc(-c2ccc(-c3nc(-c4ccccc4)nc(-c4cccc5c4oc4c(-c6cccc7cc8oc9ccccc9c8cc67)cccc45)n3)cc2)cc1. The second-order valence-electron chi connectivity index (χ2n) is 13.6. The van der Waals surface area contributed by atoms with Crippen LogP contribution in [-0.2, 0) is 0 Å². The van der Waals surface area contributed by atoms with E-state index in [-0.39, 0.29) is 0 Å². The van der Waals surface area contributed by atoms with Crippen LogP contribution in [0.15, 0.2) is 185 Å². The average molecular weight is 692 g/mol. The highest BCUT2D eigenvalue weighted by Gasteiger charge is 2.20. The number of benzene rings is 8. The molecule has 0 saturated carbocycles. The van der Waals surface area contributed by atoms with E-state index in [2.05, 4.69) is 121 Å². The molecule has 252 valence electrons. The maximum Gasteiger partial charge on any atom is 0.167 e. The van der Waals surface area contributed by atoms with Crippen molar-refractivity contribution in [2.24, 2.45) is 0 Å². The second kappa shape index (κ2) is 12.1. The number of furan rings is 2. The number of hydrogen-bond donors (Lipinski definition) is 0. The maximum absolute atomic E-state index is 6.95. The maximum atomic E-state index is 6.95. The molecule has 3 aromatic heterocycles. The van der Waals surface area contributed by atoms with Gasteiger partial charge in [-0.3, -0.25) is 0 Å². The van der Waals surface area contributed by atoms with Gasteiger partial charge in [0, 0.05) is 38.2 Å². The van der Waals surface area contributed by atoms with Crippen molar-refractivity contribution in [1.29, 1.82) is 0 Å². The number of para-hydroxylation sites is 3. The Morgan fingerprint density at radius 3 is 1.59 bits per heavy atom. The monoisotopic (exact) mass is 691 g/mol. The Morgan fingerprint density at radius 2 is 0.833 bits per heavy atom. The molecular weight excluding hydrogens is 663 g/mol. The van der Waals surface area contributed by atoms with E-state index >= 15 is 0 Å². The van der Waals surface area contributed by atoms with Crippen molar-refractivity contribution in [3.63, 3.8) is 0 Å².